The van der Waals surface area contributed by atoms with Crippen LogP contribution in [0.4, 0.5) is 24.2 Å². The van der Waals surface area contributed by atoms with Crippen LogP contribution in [-0.4, -0.2) is 66.6 Å². The third-order valence-electron chi connectivity index (χ3n) is 5.88. The van der Waals surface area contributed by atoms with Gasteiger partial charge in [0.05, 0.1) is 30.9 Å². The molecular weight excluding hydrogens is 534 g/mol. The molecule has 0 aliphatic carbocycles. The van der Waals surface area contributed by atoms with E-state index >= 15 is 0 Å². The number of fused-ring (bicyclic) bond motifs is 1. The van der Waals surface area contributed by atoms with E-state index < -0.39 is 35.2 Å². The number of ether oxygens (including phenoxy) is 2. The largest absolute Gasteiger partial charge is 0.447 e. The second-order valence-electron chi connectivity index (χ2n) is 9.76. The number of amides is 3. The average molecular weight is 565 g/mol. The minimum atomic E-state index is -0.834. The first-order valence-corrected chi connectivity index (χ1v) is 12.5. The number of aliphatic hydroxyl groups is 1. The number of urea groups is 1. The van der Waals surface area contributed by atoms with Gasteiger partial charge in [0.2, 0.25) is 0 Å². The van der Waals surface area contributed by atoms with Gasteiger partial charge in [0, 0.05) is 30.6 Å². The number of likely N-dealkylation sites (N-methyl/N-ethyl adjacent to an activating group) is 1. The zero-order valence-corrected chi connectivity index (χ0v) is 22.6. The summed E-state index contributed by atoms with van der Waals surface area (Å²) < 4.78 is 38.3. The molecule has 0 saturated heterocycles. The number of aromatic nitrogens is 1. The Balaban J connectivity index is 1.62. The number of nitrogens with one attached hydrogen (secondary N) is 2. The van der Waals surface area contributed by atoms with E-state index in [9.17, 15) is 23.5 Å². The third kappa shape index (κ3) is 8.74. The molecule has 1 aromatic heterocycles. The van der Waals surface area contributed by atoms with Gasteiger partial charge >= 0.3 is 12.1 Å². The fourth-order valence-electron chi connectivity index (χ4n) is 3.43. The van der Waals surface area contributed by atoms with Crippen molar-refractivity contribution in [1.29, 1.82) is 0 Å². The topological polar surface area (TPSA) is 113 Å². The Kier molecular flexibility index (Phi) is 10.4. The van der Waals surface area contributed by atoms with E-state index in [0.29, 0.717) is 16.3 Å². The lowest BCUT2D eigenvalue weighted by atomic mass is 9.97. The minimum absolute atomic E-state index is 0.00511. The van der Waals surface area contributed by atoms with Crippen LogP contribution in [0.25, 0.3) is 10.8 Å². The normalized spacial score (nSPS) is 12.2. The molecule has 210 valence electrons. The molecule has 12 heteroatoms. The van der Waals surface area contributed by atoms with Crippen LogP contribution in [0.2, 0.25) is 5.02 Å². The van der Waals surface area contributed by atoms with Crippen LogP contribution in [0.1, 0.15) is 19.4 Å². The standard InChI is InChI=1S/C27H31ClF2N4O5/c1-27(2,15-35)16-38-13-21(34(3)25(36)32-12-18-5-4-6-22(30)24(18)28)14-39-26(37)33-23-10-19-9-20(29)8-7-17(19)11-31-23/h4-11,21,35H,12-16H2,1-3H3,(H,32,36)(H,31,33,37)/t21-/m0/s1. The van der Waals surface area contributed by atoms with E-state index in [1.54, 1.807) is 12.1 Å². The van der Waals surface area contributed by atoms with E-state index in [2.05, 4.69) is 15.6 Å². The quantitative estimate of drug-likeness (QED) is 0.303. The summed E-state index contributed by atoms with van der Waals surface area (Å²) in [6, 6.07) is 8.76. The molecule has 3 aromatic rings. The maximum absolute atomic E-state index is 13.7. The molecule has 0 spiro atoms. The highest BCUT2D eigenvalue weighted by Gasteiger charge is 2.24. The number of hydrogen-bond donors (Lipinski definition) is 3. The van der Waals surface area contributed by atoms with Gasteiger partial charge in [-0.3, -0.25) is 5.32 Å². The molecule has 1 heterocycles. The van der Waals surface area contributed by atoms with E-state index in [0.717, 1.165) is 0 Å². The number of carbonyl (C=O) groups is 2. The number of anilines is 1. The predicted molar refractivity (Wildman–Crippen MR) is 144 cm³/mol. The van der Waals surface area contributed by atoms with Gasteiger partial charge in [-0.2, -0.15) is 0 Å². The average Bonchev–Trinajstić information content (AvgIpc) is 2.90. The predicted octanol–water partition coefficient (Wildman–Crippen LogP) is 4.96. The molecule has 9 nitrogen and oxygen atoms in total. The molecule has 39 heavy (non-hydrogen) atoms. The summed E-state index contributed by atoms with van der Waals surface area (Å²) in [5.41, 5.74) is -0.117. The summed E-state index contributed by atoms with van der Waals surface area (Å²) >= 11 is 5.97. The van der Waals surface area contributed by atoms with Gasteiger partial charge in [-0.05, 0) is 41.3 Å². The molecule has 0 radical (unpaired) electrons. The highest BCUT2D eigenvalue weighted by molar-refractivity contribution is 6.31. The fourth-order valence-corrected chi connectivity index (χ4v) is 3.62. The van der Waals surface area contributed by atoms with Crippen molar-refractivity contribution in [2.75, 3.05) is 38.8 Å². The summed E-state index contributed by atoms with van der Waals surface area (Å²) in [5, 5.41) is 15.8. The Labute approximate surface area is 230 Å². The Hall–Kier alpha value is -3.54. The summed E-state index contributed by atoms with van der Waals surface area (Å²) in [7, 11) is 1.49. The minimum Gasteiger partial charge on any atom is -0.447 e. The highest BCUT2D eigenvalue weighted by atomic mass is 35.5. The van der Waals surface area contributed by atoms with Crippen molar-refractivity contribution in [3.05, 3.63) is 70.9 Å². The van der Waals surface area contributed by atoms with E-state index in [-0.39, 0.29) is 43.8 Å². The number of pyridine rings is 1. The van der Waals surface area contributed by atoms with Crippen molar-refractivity contribution in [2.24, 2.45) is 5.41 Å². The molecule has 1 atom stereocenters. The molecule has 0 unspecified atom stereocenters. The van der Waals surface area contributed by atoms with Crippen molar-refractivity contribution < 1.29 is 33.0 Å². The first-order valence-electron chi connectivity index (χ1n) is 12.1. The molecule has 3 N–H and O–H groups in total. The highest BCUT2D eigenvalue weighted by Crippen LogP contribution is 2.20. The van der Waals surface area contributed by atoms with Gasteiger partial charge in [0.1, 0.15) is 24.1 Å². The summed E-state index contributed by atoms with van der Waals surface area (Å²) in [4.78, 5) is 30.7. The van der Waals surface area contributed by atoms with E-state index in [1.165, 1.54) is 48.5 Å². The number of hydrogen-bond acceptors (Lipinski definition) is 6. The molecule has 3 amide bonds. The Morgan fingerprint density at radius 1 is 1.15 bits per heavy atom. The molecular formula is C27H31ClF2N4O5. The number of benzene rings is 2. The number of halogens is 3. The lowest BCUT2D eigenvalue weighted by Crippen LogP contribution is -2.48. The van der Waals surface area contributed by atoms with Crippen LogP contribution in [0.15, 0.2) is 48.7 Å². The Morgan fingerprint density at radius 2 is 1.92 bits per heavy atom. The Morgan fingerprint density at radius 3 is 2.67 bits per heavy atom. The maximum atomic E-state index is 13.7. The monoisotopic (exact) mass is 564 g/mol. The van der Waals surface area contributed by atoms with Crippen LogP contribution >= 0.6 is 11.6 Å². The zero-order valence-electron chi connectivity index (χ0n) is 21.8. The number of aliphatic hydroxyl groups excluding tert-OH is 1. The summed E-state index contributed by atoms with van der Waals surface area (Å²) in [6.45, 7) is 3.44. The van der Waals surface area contributed by atoms with Crippen molar-refractivity contribution in [3.63, 3.8) is 0 Å². The van der Waals surface area contributed by atoms with E-state index in [4.69, 9.17) is 21.1 Å². The van der Waals surface area contributed by atoms with Crippen LogP contribution in [-0.2, 0) is 16.0 Å². The molecule has 0 bridgehead atoms. The van der Waals surface area contributed by atoms with Crippen molar-refractivity contribution in [3.8, 4) is 0 Å². The van der Waals surface area contributed by atoms with Gasteiger partial charge in [-0.1, -0.05) is 37.6 Å². The second-order valence-corrected chi connectivity index (χ2v) is 10.1. The first kappa shape index (κ1) is 30.0. The summed E-state index contributed by atoms with van der Waals surface area (Å²) in [6.07, 6.45) is 0.659. The molecule has 0 fully saturated rings. The van der Waals surface area contributed by atoms with Crippen molar-refractivity contribution >= 4 is 40.3 Å². The van der Waals surface area contributed by atoms with Crippen LogP contribution < -0.4 is 10.6 Å². The van der Waals surface area contributed by atoms with Gasteiger partial charge < -0.3 is 24.8 Å². The number of nitrogens with zero attached hydrogens (tertiary/aromatic N) is 2. The molecule has 0 saturated carbocycles. The SMILES string of the molecule is CN(C(=O)NCc1cccc(F)c1Cl)[C@@H](COCC(C)(C)CO)COC(=O)Nc1cc2cc(F)ccc2cn1. The molecule has 3 rings (SSSR count). The van der Waals surface area contributed by atoms with E-state index in [1.807, 2.05) is 13.8 Å². The summed E-state index contributed by atoms with van der Waals surface area (Å²) in [5.74, 6) is -0.857. The van der Waals surface area contributed by atoms with Gasteiger partial charge in [0.25, 0.3) is 0 Å². The third-order valence-corrected chi connectivity index (χ3v) is 6.30. The van der Waals surface area contributed by atoms with Crippen molar-refractivity contribution in [2.45, 2.75) is 26.4 Å². The Bertz CT molecular complexity index is 1310. The fraction of sp³-hybridized carbons (Fsp3) is 0.370. The smallest absolute Gasteiger partial charge is 0.412 e. The first-order chi connectivity index (χ1) is 18.5. The van der Waals surface area contributed by atoms with Gasteiger partial charge in [0.15, 0.2) is 0 Å². The maximum Gasteiger partial charge on any atom is 0.412 e. The zero-order chi connectivity index (χ0) is 28.6. The molecule has 0 aliphatic rings. The van der Waals surface area contributed by atoms with Crippen LogP contribution in [0.5, 0.6) is 0 Å². The molecule has 0 aliphatic heterocycles. The molecule has 2 aromatic carbocycles. The van der Waals surface area contributed by atoms with Crippen LogP contribution in [0, 0.1) is 17.0 Å². The van der Waals surface area contributed by atoms with Crippen molar-refractivity contribution in [1.82, 2.24) is 15.2 Å². The number of rotatable bonds is 11. The second kappa shape index (κ2) is 13.5. The van der Waals surface area contributed by atoms with Gasteiger partial charge in [-0.25, -0.2) is 23.4 Å². The lowest BCUT2D eigenvalue weighted by molar-refractivity contribution is -0.00335. The lowest BCUT2D eigenvalue weighted by Gasteiger charge is -2.29. The van der Waals surface area contributed by atoms with Gasteiger partial charge in [-0.15, -0.1) is 0 Å². The van der Waals surface area contributed by atoms with Crippen LogP contribution in [0.3, 0.4) is 0 Å². The number of carbonyl (C=O) groups excluding carboxylic acids is 2.